The number of nitrogens with one attached hydrogen (secondary N) is 1. The van der Waals surface area contributed by atoms with Gasteiger partial charge in [0.1, 0.15) is 5.01 Å². The first-order valence-corrected chi connectivity index (χ1v) is 5.66. The maximum atomic E-state index is 4.51. The molecule has 1 aromatic heterocycles. The van der Waals surface area contributed by atoms with Crippen LogP contribution in [0.25, 0.3) is 0 Å². The van der Waals surface area contributed by atoms with Crippen molar-refractivity contribution in [2.24, 2.45) is 5.92 Å². The van der Waals surface area contributed by atoms with Crippen LogP contribution in [0.2, 0.25) is 0 Å². The summed E-state index contributed by atoms with van der Waals surface area (Å²) in [5, 5.41) is 6.66. The van der Waals surface area contributed by atoms with Crippen LogP contribution in [0.5, 0.6) is 0 Å². The highest BCUT2D eigenvalue weighted by molar-refractivity contribution is 7.09. The van der Waals surface area contributed by atoms with Crippen LogP contribution < -0.4 is 5.32 Å². The van der Waals surface area contributed by atoms with Crippen LogP contribution in [0.3, 0.4) is 0 Å². The zero-order chi connectivity index (χ0) is 9.84. The maximum Gasteiger partial charge on any atom is 0.110 e. The Balaban J connectivity index is 2.77. The van der Waals surface area contributed by atoms with Gasteiger partial charge in [-0.2, -0.15) is 0 Å². The van der Waals surface area contributed by atoms with Crippen LogP contribution in [0.4, 0.5) is 0 Å². The molecule has 0 radical (unpaired) electrons. The summed E-state index contributed by atoms with van der Waals surface area (Å²) in [5.41, 5.74) is 1.13. The smallest absolute Gasteiger partial charge is 0.110 e. The van der Waals surface area contributed by atoms with E-state index in [9.17, 15) is 0 Å². The van der Waals surface area contributed by atoms with Gasteiger partial charge < -0.3 is 5.32 Å². The molecule has 0 aromatic carbocycles. The lowest BCUT2D eigenvalue weighted by Gasteiger charge is -2.19. The summed E-state index contributed by atoms with van der Waals surface area (Å²) in [4.78, 5) is 4.51. The minimum Gasteiger partial charge on any atom is -0.311 e. The molecule has 1 N–H and O–H groups in total. The molecule has 0 fully saturated rings. The van der Waals surface area contributed by atoms with Crippen molar-refractivity contribution in [3.05, 3.63) is 16.1 Å². The molecule has 2 nitrogen and oxygen atoms in total. The molecule has 2 unspecified atom stereocenters. The topological polar surface area (TPSA) is 24.9 Å². The summed E-state index contributed by atoms with van der Waals surface area (Å²) in [7, 11) is 2.01. The Morgan fingerprint density at radius 1 is 1.62 bits per heavy atom. The van der Waals surface area contributed by atoms with E-state index in [-0.39, 0.29) is 0 Å². The summed E-state index contributed by atoms with van der Waals surface area (Å²) >= 11 is 1.75. The van der Waals surface area contributed by atoms with Crippen molar-refractivity contribution in [3.8, 4) is 0 Å². The predicted molar refractivity (Wildman–Crippen MR) is 58.1 cm³/mol. The quantitative estimate of drug-likeness (QED) is 0.804. The fourth-order valence-electron chi connectivity index (χ4n) is 1.40. The van der Waals surface area contributed by atoms with E-state index in [0.717, 1.165) is 5.69 Å². The molecule has 1 heterocycles. The fraction of sp³-hybridized carbons (Fsp3) is 0.700. The molecule has 13 heavy (non-hydrogen) atoms. The Morgan fingerprint density at radius 2 is 2.31 bits per heavy atom. The van der Waals surface area contributed by atoms with Gasteiger partial charge in [-0.05, 0) is 19.9 Å². The Labute approximate surface area is 84.4 Å². The van der Waals surface area contributed by atoms with Gasteiger partial charge in [-0.3, -0.25) is 0 Å². The summed E-state index contributed by atoms with van der Waals surface area (Å²) in [6, 6.07) is 0.420. The molecule has 0 spiro atoms. The van der Waals surface area contributed by atoms with Gasteiger partial charge in [-0.25, -0.2) is 4.98 Å². The molecule has 3 heteroatoms. The van der Waals surface area contributed by atoms with Crippen LogP contribution in [0.15, 0.2) is 5.38 Å². The van der Waals surface area contributed by atoms with Gasteiger partial charge >= 0.3 is 0 Å². The summed E-state index contributed by atoms with van der Waals surface area (Å²) in [6.07, 6.45) is 1.18. The second-order valence-electron chi connectivity index (χ2n) is 3.48. The van der Waals surface area contributed by atoms with Gasteiger partial charge in [-0.15, -0.1) is 11.3 Å². The number of hydrogen-bond acceptors (Lipinski definition) is 3. The number of nitrogens with zero attached hydrogens (tertiary/aromatic N) is 1. The molecule has 0 aliphatic carbocycles. The first-order chi connectivity index (χ1) is 6.19. The Hall–Kier alpha value is -0.410. The van der Waals surface area contributed by atoms with Crippen molar-refractivity contribution in [2.75, 3.05) is 7.05 Å². The van der Waals surface area contributed by atoms with Gasteiger partial charge in [0.15, 0.2) is 0 Å². The zero-order valence-electron chi connectivity index (χ0n) is 8.79. The summed E-state index contributed by atoms with van der Waals surface area (Å²) < 4.78 is 0. The molecule has 0 aliphatic rings. The van der Waals surface area contributed by atoms with Gasteiger partial charge in [0.25, 0.3) is 0 Å². The van der Waals surface area contributed by atoms with Gasteiger partial charge in [0.2, 0.25) is 0 Å². The molecule has 0 amide bonds. The third-order valence-electron chi connectivity index (χ3n) is 2.43. The monoisotopic (exact) mass is 198 g/mol. The molecule has 2 atom stereocenters. The van der Waals surface area contributed by atoms with Gasteiger partial charge in [0.05, 0.1) is 6.04 Å². The molecule has 0 saturated heterocycles. The molecular formula is C10H18N2S. The highest BCUT2D eigenvalue weighted by Crippen LogP contribution is 2.26. The van der Waals surface area contributed by atoms with Gasteiger partial charge in [0, 0.05) is 11.1 Å². The van der Waals surface area contributed by atoms with E-state index < -0.39 is 0 Å². The van der Waals surface area contributed by atoms with E-state index in [1.807, 2.05) is 14.0 Å². The third kappa shape index (κ3) is 2.51. The highest BCUT2D eigenvalue weighted by Gasteiger charge is 2.18. The number of thiazole rings is 1. The van der Waals surface area contributed by atoms with Crippen molar-refractivity contribution >= 4 is 11.3 Å². The Bertz CT molecular complexity index is 257. The lowest BCUT2D eigenvalue weighted by molar-refractivity contribution is 0.399. The SMILES string of the molecule is CCC(C)C(NC)c1nc(C)cs1. The van der Waals surface area contributed by atoms with Crippen molar-refractivity contribution in [1.29, 1.82) is 0 Å². The minimum atomic E-state index is 0.420. The van der Waals surface area contributed by atoms with E-state index in [4.69, 9.17) is 0 Å². The molecular weight excluding hydrogens is 180 g/mol. The molecule has 1 aromatic rings. The second-order valence-corrected chi connectivity index (χ2v) is 4.37. The number of rotatable bonds is 4. The maximum absolute atomic E-state index is 4.51. The lowest BCUT2D eigenvalue weighted by atomic mass is 10.00. The van der Waals surface area contributed by atoms with Crippen molar-refractivity contribution < 1.29 is 0 Å². The van der Waals surface area contributed by atoms with E-state index in [0.29, 0.717) is 12.0 Å². The minimum absolute atomic E-state index is 0.420. The van der Waals surface area contributed by atoms with Crippen molar-refractivity contribution in [2.45, 2.75) is 33.2 Å². The second kappa shape index (κ2) is 4.72. The van der Waals surface area contributed by atoms with Crippen LogP contribution in [0, 0.1) is 12.8 Å². The lowest BCUT2D eigenvalue weighted by Crippen LogP contribution is -2.22. The van der Waals surface area contributed by atoms with Crippen LogP contribution >= 0.6 is 11.3 Å². The van der Waals surface area contributed by atoms with E-state index in [1.54, 1.807) is 11.3 Å². The molecule has 74 valence electrons. The van der Waals surface area contributed by atoms with Gasteiger partial charge in [-0.1, -0.05) is 20.3 Å². The number of aryl methyl sites for hydroxylation is 1. The molecule has 0 aliphatic heterocycles. The average Bonchev–Trinajstić information content (AvgIpc) is 2.53. The largest absolute Gasteiger partial charge is 0.311 e. The van der Waals surface area contributed by atoms with Crippen LogP contribution in [-0.4, -0.2) is 12.0 Å². The number of aromatic nitrogens is 1. The highest BCUT2D eigenvalue weighted by atomic mass is 32.1. The average molecular weight is 198 g/mol. The normalized spacial score (nSPS) is 15.7. The third-order valence-corrected chi connectivity index (χ3v) is 3.47. The summed E-state index contributed by atoms with van der Waals surface area (Å²) in [5.74, 6) is 0.649. The van der Waals surface area contributed by atoms with E-state index in [2.05, 4.69) is 29.5 Å². The zero-order valence-corrected chi connectivity index (χ0v) is 9.61. The van der Waals surface area contributed by atoms with Crippen LogP contribution in [0.1, 0.15) is 37.0 Å². The standard InChI is InChI=1S/C10H18N2S/c1-5-7(2)9(11-4)10-12-8(3)6-13-10/h6-7,9,11H,5H2,1-4H3. The molecule has 1 rings (SSSR count). The van der Waals surface area contributed by atoms with Crippen molar-refractivity contribution in [3.63, 3.8) is 0 Å². The van der Waals surface area contributed by atoms with Crippen LogP contribution in [-0.2, 0) is 0 Å². The molecule has 0 bridgehead atoms. The van der Waals surface area contributed by atoms with E-state index >= 15 is 0 Å². The summed E-state index contributed by atoms with van der Waals surface area (Å²) in [6.45, 7) is 6.52. The van der Waals surface area contributed by atoms with Crippen molar-refractivity contribution in [1.82, 2.24) is 10.3 Å². The molecule has 0 saturated carbocycles. The Morgan fingerprint density at radius 3 is 2.69 bits per heavy atom. The fourth-order valence-corrected chi connectivity index (χ4v) is 2.44. The van der Waals surface area contributed by atoms with E-state index in [1.165, 1.54) is 11.4 Å². The number of hydrogen-bond donors (Lipinski definition) is 1. The predicted octanol–water partition coefficient (Wildman–Crippen LogP) is 2.76. The first-order valence-electron chi connectivity index (χ1n) is 4.78. The Kier molecular flexibility index (Phi) is 3.88. The first kappa shape index (κ1) is 10.7.